The predicted octanol–water partition coefficient (Wildman–Crippen LogP) is 4.91. The predicted molar refractivity (Wildman–Crippen MR) is 107 cm³/mol. The van der Waals surface area contributed by atoms with Crippen LogP contribution in [0.2, 0.25) is 0 Å². The quantitative estimate of drug-likeness (QED) is 0.597. The normalized spacial score (nSPS) is 13.2. The summed E-state index contributed by atoms with van der Waals surface area (Å²) in [7, 11) is -2.83. The zero-order valence-corrected chi connectivity index (χ0v) is 16.9. The molecule has 0 unspecified atom stereocenters. The number of fused-ring (bicyclic) bond motifs is 1. The standard InChI is InChI=1S/C21H16F3NO5S/c1-28-18-9-13(7-8-16(18)21(22,23)24)15-10-19-20(30-12-29-19)11-17(15)25-31(26,27)14-5-3-2-4-6-14/h2-11,25H,12H2,1H3. The first-order valence-corrected chi connectivity index (χ1v) is 10.4. The molecular formula is C21H16F3NO5S. The molecule has 0 aromatic heterocycles. The molecule has 31 heavy (non-hydrogen) atoms. The van der Waals surface area contributed by atoms with Crippen LogP contribution in [0.3, 0.4) is 0 Å². The van der Waals surface area contributed by atoms with Crippen molar-refractivity contribution >= 4 is 15.7 Å². The zero-order chi connectivity index (χ0) is 22.2. The summed E-state index contributed by atoms with van der Waals surface area (Å²) in [6.07, 6.45) is -4.60. The van der Waals surface area contributed by atoms with E-state index < -0.39 is 21.8 Å². The first-order valence-electron chi connectivity index (χ1n) is 8.96. The van der Waals surface area contributed by atoms with Crippen LogP contribution in [0.15, 0.2) is 65.6 Å². The zero-order valence-electron chi connectivity index (χ0n) is 16.1. The number of rotatable bonds is 5. The average Bonchev–Trinajstić information content (AvgIpc) is 3.20. The van der Waals surface area contributed by atoms with Crippen LogP contribution < -0.4 is 18.9 Å². The molecule has 3 aromatic rings. The fraction of sp³-hybridized carbons (Fsp3) is 0.143. The van der Waals surface area contributed by atoms with Gasteiger partial charge in [-0.15, -0.1) is 0 Å². The van der Waals surface area contributed by atoms with E-state index in [9.17, 15) is 21.6 Å². The number of methoxy groups -OCH3 is 1. The largest absolute Gasteiger partial charge is 0.496 e. The minimum atomic E-state index is -4.60. The number of ether oxygens (including phenoxy) is 3. The van der Waals surface area contributed by atoms with Crippen molar-refractivity contribution in [2.24, 2.45) is 0 Å². The smallest absolute Gasteiger partial charge is 0.419 e. The minimum Gasteiger partial charge on any atom is -0.496 e. The van der Waals surface area contributed by atoms with Crippen LogP contribution in [0.5, 0.6) is 17.2 Å². The van der Waals surface area contributed by atoms with Crippen molar-refractivity contribution in [1.29, 1.82) is 0 Å². The lowest BCUT2D eigenvalue weighted by Crippen LogP contribution is -2.13. The third kappa shape index (κ3) is 4.11. The maximum absolute atomic E-state index is 13.2. The molecule has 6 nitrogen and oxygen atoms in total. The highest BCUT2D eigenvalue weighted by Gasteiger charge is 2.34. The van der Waals surface area contributed by atoms with Crippen LogP contribution in [0.4, 0.5) is 18.9 Å². The maximum atomic E-state index is 13.2. The van der Waals surface area contributed by atoms with Gasteiger partial charge in [-0.2, -0.15) is 13.2 Å². The second-order valence-electron chi connectivity index (χ2n) is 6.58. The monoisotopic (exact) mass is 451 g/mol. The Bertz CT molecular complexity index is 1230. The Labute approximate surface area is 176 Å². The van der Waals surface area contributed by atoms with Crippen molar-refractivity contribution in [1.82, 2.24) is 0 Å². The molecule has 0 amide bonds. The fourth-order valence-electron chi connectivity index (χ4n) is 3.16. The Hall–Kier alpha value is -3.40. The van der Waals surface area contributed by atoms with E-state index in [-0.39, 0.29) is 23.1 Å². The Morgan fingerprint density at radius 2 is 1.65 bits per heavy atom. The van der Waals surface area contributed by atoms with Gasteiger partial charge in [-0.05, 0) is 35.9 Å². The molecule has 0 fully saturated rings. The van der Waals surface area contributed by atoms with Gasteiger partial charge >= 0.3 is 6.18 Å². The van der Waals surface area contributed by atoms with Gasteiger partial charge in [-0.3, -0.25) is 4.72 Å². The fourth-order valence-corrected chi connectivity index (χ4v) is 4.25. The van der Waals surface area contributed by atoms with Crippen molar-refractivity contribution in [3.05, 3.63) is 66.2 Å². The van der Waals surface area contributed by atoms with Crippen LogP contribution in [0.1, 0.15) is 5.56 Å². The molecule has 0 atom stereocenters. The molecule has 1 heterocycles. The van der Waals surface area contributed by atoms with E-state index >= 15 is 0 Å². The second kappa shape index (κ2) is 7.69. The first-order chi connectivity index (χ1) is 14.7. The van der Waals surface area contributed by atoms with Gasteiger partial charge in [-0.1, -0.05) is 24.3 Å². The summed E-state index contributed by atoms with van der Waals surface area (Å²) in [5.41, 5.74) is -0.217. The Morgan fingerprint density at radius 1 is 0.968 bits per heavy atom. The van der Waals surface area contributed by atoms with Crippen molar-refractivity contribution in [3.8, 4) is 28.4 Å². The molecule has 1 aliphatic rings. The van der Waals surface area contributed by atoms with Crippen molar-refractivity contribution in [3.63, 3.8) is 0 Å². The van der Waals surface area contributed by atoms with Gasteiger partial charge in [0.1, 0.15) is 5.75 Å². The molecule has 162 valence electrons. The highest BCUT2D eigenvalue weighted by molar-refractivity contribution is 7.92. The number of nitrogens with one attached hydrogen (secondary N) is 1. The van der Waals surface area contributed by atoms with E-state index in [1.165, 1.54) is 36.4 Å². The lowest BCUT2D eigenvalue weighted by molar-refractivity contribution is -0.138. The summed E-state index contributed by atoms with van der Waals surface area (Å²) in [5, 5.41) is 0. The van der Waals surface area contributed by atoms with Gasteiger partial charge in [0.25, 0.3) is 10.0 Å². The number of sulfonamides is 1. The van der Waals surface area contributed by atoms with Crippen LogP contribution >= 0.6 is 0 Å². The second-order valence-corrected chi connectivity index (χ2v) is 8.26. The van der Waals surface area contributed by atoms with E-state index in [0.29, 0.717) is 22.6 Å². The van der Waals surface area contributed by atoms with Gasteiger partial charge in [-0.25, -0.2) is 8.42 Å². The summed E-state index contributed by atoms with van der Waals surface area (Å²) in [6, 6.07) is 13.9. The van der Waals surface area contributed by atoms with Crippen molar-refractivity contribution < 1.29 is 35.8 Å². The third-order valence-corrected chi connectivity index (χ3v) is 6.01. The van der Waals surface area contributed by atoms with Crippen molar-refractivity contribution in [2.75, 3.05) is 18.6 Å². The van der Waals surface area contributed by atoms with Gasteiger partial charge in [0.2, 0.25) is 6.79 Å². The molecule has 0 saturated heterocycles. The topological polar surface area (TPSA) is 73.9 Å². The number of anilines is 1. The van der Waals surface area contributed by atoms with Gasteiger partial charge < -0.3 is 14.2 Å². The van der Waals surface area contributed by atoms with E-state index in [1.807, 2.05) is 0 Å². The maximum Gasteiger partial charge on any atom is 0.419 e. The van der Waals surface area contributed by atoms with E-state index in [4.69, 9.17) is 14.2 Å². The molecule has 1 N–H and O–H groups in total. The molecular weight excluding hydrogens is 435 g/mol. The number of benzene rings is 3. The molecule has 10 heteroatoms. The summed E-state index contributed by atoms with van der Waals surface area (Å²) in [6.45, 7) is -0.0556. The van der Waals surface area contributed by atoms with E-state index in [1.54, 1.807) is 18.2 Å². The van der Waals surface area contributed by atoms with Crippen LogP contribution in [0, 0.1) is 0 Å². The van der Waals surface area contributed by atoms with Gasteiger partial charge in [0.15, 0.2) is 11.5 Å². The van der Waals surface area contributed by atoms with E-state index in [0.717, 1.165) is 13.2 Å². The minimum absolute atomic E-state index is 0.0311. The lowest BCUT2D eigenvalue weighted by Gasteiger charge is -2.17. The molecule has 0 bridgehead atoms. The molecule has 1 aliphatic heterocycles. The van der Waals surface area contributed by atoms with Gasteiger partial charge in [0, 0.05) is 11.6 Å². The van der Waals surface area contributed by atoms with Crippen LogP contribution in [-0.2, 0) is 16.2 Å². The number of halogens is 3. The van der Waals surface area contributed by atoms with Crippen molar-refractivity contribution in [2.45, 2.75) is 11.1 Å². The highest BCUT2D eigenvalue weighted by Crippen LogP contribution is 2.44. The molecule has 0 radical (unpaired) electrons. The summed E-state index contributed by atoms with van der Waals surface area (Å²) >= 11 is 0. The average molecular weight is 451 g/mol. The molecule has 0 spiro atoms. The Balaban J connectivity index is 1.83. The Morgan fingerprint density at radius 3 is 2.29 bits per heavy atom. The summed E-state index contributed by atoms with van der Waals surface area (Å²) in [4.78, 5) is 0.0311. The van der Waals surface area contributed by atoms with Gasteiger partial charge in [0.05, 0.1) is 23.3 Å². The lowest BCUT2D eigenvalue weighted by atomic mass is 10.0. The highest BCUT2D eigenvalue weighted by atomic mass is 32.2. The number of hydrogen-bond donors (Lipinski definition) is 1. The van der Waals surface area contributed by atoms with E-state index in [2.05, 4.69) is 4.72 Å². The number of hydrogen-bond acceptors (Lipinski definition) is 5. The first kappa shape index (κ1) is 20.9. The molecule has 0 saturated carbocycles. The van der Waals surface area contributed by atoms with Crippen LogP contribution in [0.25, 0.3) is 11.1 Å². The third-order valence-electron chi connectivity index (χ3n) is 4.63. The van der Waals surface area contributed by atoms with Crippen LogP contribution in [-0.4, -0.2) is 22.3 Å². The summed E-state index contributed by atoms with van der Waals surface area (Å²) in [5.74, 6) is 0.268. The molecule has 0 aliphatic carbocycles. The summed E-state index contributed by atoms with van der Waals surface area (Å²) < 4.78 is 83.5. The molecule has 3 aromatic carbocycles. The molecule has 4 rings (SSSR count). The Kier molecular flexibility index (Phi) is 5.18. The number of alkyl halides is 3. The SMILES string of the molecule is COc1cc(-c2cc3c(cc2NS(=O)(=O)c2ccccc2)OCO3)ccc1C(F)(F)F.